The first-order valence-corrected chi connectivity index (χ1v) is 9.36. The molecule has 5 nitrogen and oxygen atoms in total. The highest BCUT2D eigenvalue weighted by molar-refractivity contribution is 6.31. The molecular weight excluding hydrogens is 392 g/mol. The summed E-state index contributed by atoms with van der Waals surface area (Å²) < 4.78 is 16.4. The monoisotopic (exact) mass is 408 g/mol. The van der Waals surface area contributed by atoms with Crippen molar-refractivity contribution in [1.82, 2.24) is 0 Å². The SMILES string of the molecule is CC(C)=CCOc1ccc2c(-c3cc4cc(Cl)ccc4oc3=O)cc(=O)oc2c1. The summed E-state index contributed by atoms with van der Waals surface area (Å²) in [7, 11) is 0. The van der Waals surface area contributed by atoms with Crippen molar-refractivity contribution in [2.24, 2.45) is 0 Å². The minimum Gasteiger partial charge on any atom is -0.489 e. The van der Waals surface area contributed by atoms with Gasteiger partial charge in [0, 0.05) is 33.5 Å². The van der Waals surface area contributed by atoms with Gasteiger partial charge in [-0.3, -0.25) is 0 Å². The highest BCUT2D eigenvalue weighted by Crippen LogP contribution is 2.30. The number of fused-ring (bicyclic) bond motifs is 2. The van der Waals surface area contributed by atoms with E-state index in [2.05, 4.69) is 0 Å². The van der Waals surface area contributed by atoms with Gasteiger partial charge in [-0.15, -0.1) is 0 Å². The van der Waals surface area contributed by atoms with Gasteiger partial charge in [-0.1, -0.05) is 17.2 Å². The Hall–Kier alpha value is -3.31. The highest BCUT2D eigenvalue weighted by Gasteiger charge is 2.14. The lowest BCUT2D eigenvalue weighted by atomic mass is 10.0. The zero-order valence-corrected chi connectivity index (χ0v) is 16.6. The molecule has 146 valence electrons. The topological polar surface area (TPSA) is 69.7 Å². The van der Waals surface area contributed by atoms with Gasteiger partial charge in [0.05, 0.1) is 5.56 Å². The van der Waals surface area contributed by atoms with E-state index in [-0.39, 0.29) is 5.56 Å². The molecule has 0 fully saturated rings. The van der Waals surface area contributed by atoms with Gasteiger partial charge in [0.25, 0.3) is 0 Å². The van der Waals surface area contributed by atoms with Gasteiger partial charge in [-0.25, -0.2) is 9.59 Å². The van der Waals surface area contributed by atoms with E-state index >= 15 is 0 Å². The lowest BCUT2D eigenvalue weighted by Gasteiger charge is -2.08. The lowest BCUT2D eigenvalue weighted by Crippen LogP contribution is -2.06. The maximum atomic E-state index is 12.6. The number of hydrogen-bond donors (Lipinski definition) is 0. The van der Waals surface area contributed by atoms with E-state index < -0.39 is 11.3 Å². The van der Waals surface area contributed by atoms with E-state index in [1.54, 1.807) is 42.5 Å². The molecule has 4 rings (SSSR count). The molecule has 0 aliphatic carbocycles. The third kappa shape index (κ3) is 3.96. The summed E-state index contributed by atoms with van der Waals surface area (Å²) in [5.41, 5.74) is 1.47. The minimum absolute atomic E-state index is 0.260. The number of benzene rings is 2. The molecule has 4 aromatic rings. The molecule has 0 aliphatic rings. The van der Waals surface area contributed by atoms with Gasteiger partial charge in [0.2, 0.25) is 0 Å². The van der Waals surface area contributed by atoms with Crippen LogP contribution in [0.3, 0.4) is 0 Å². The predicted molar refractivity (Wildman–Crippen MR) is 114 cm³/mol. The Kier molecular flexibility index (Phi) is 4.99. The largest absolute Gasteiger partial charge is 0.489 e. The van der Waals surface area contributed by atoms with Gasteiger partial charge in [0.15, 0.2) is 0 Å². The third-order valence-electron chi connectivity index (χ3n) is 4.44. The maximum Gasteiger partial charge on any atom is 0.344 e. The van der Waals surface area contributed by atoms with Gasteiger partial charge in [-0.05, 0) is 56.3 Å². The van der Waals surface area contributed by atoms with E-state index in [1.807, 2.05) is 19.9 Å². The Morgan fingerprint density at radius 3 is 2.59 bits per heavy atom. The first-order chi connectivity index (χ1) is 13.9. The van der Waals surface area contributed by atoms with Gasteiger partial charge < -0.3 is 13.6 Å². The second kappa shape index (κ2) is 7.60. The van der Waals surface area contributed by atoms with Crippen molar-refractivity contribution in [3.63, 3.8) is 0 Å². The number of halogens is 1. The minimum atomic E-state index is -0.570. The summed E-state index contributed by atoms with van der Waals surface area (Å²) in [6.45, 7) is 4.38. The fourth-order valence-corrected chi connectivity index (χ4v) is 3.22. The van der Waals surface area contributed by atoms with Crippen molar-refractivity contribution in [1.29, 1.82) is 0 Å². The first kappa shape index (κ1) is 19.0. The van der Waals surface area contributed by atoms with Crippen LogP contribution in [0.4, 0.5) is 0 Å². The van der Waals surface area contributed by atoms with E-state index in [0.29, 0.717) is 44.9 Å². The van der Waals surface area contributed by atoms with Crippen LogP contribution in [0, 0.1) is 0 Å². The van der Waals surface area contributed by atoms with Crippen molar-refractivity contribution < 1.29 is 13.6 Å². The second-order valence-electron chi connectivity index (χ2n) is 6.86. The molecule has 0 spiro atoms. The van der Waals surface area contributed by atoms with Crippen LogP contribution in [-0.2, 0) is 0 Å². The van der Waals surface area contributed by atoms with Crippen LogP contribution in [0.1, 0.15) is 13.8 Å². The molecule has 0 radical (unpaired) electrons. The Morgan fingerprint density at radius 1 is 0.966 bits per heavy atom. The molecular formula is C23H17ClO5. The molecule has 6 heteroatoms. The zero-order valence-electron chi connectivity index (χ0n) is 15.8. The van der Waals surface area contributed by atoms with E-state index in [0.717, 1.165) is 5.57 Å². The van der Waals surface area contributed by atoms with Crippen molar-refractivity contribution >= 4 is 33.5 Å². The molecule has 0 atom stereocenters. The van der Waals surface area contributed by atoms with E-state index in [4.69, 9.17) is 25.2 Å². The maximum absolute atomic E-state index is 12.6. The molecule has 0 bridgehead atoms. The van der Waals surface area contributed by atoms with Crippen LogP contribution in [0.15, 0.2) is 78.6 Å². The quantitative estimate of drug-likeness (QED) is 0.326. The van der Waals surface area contributed by atoms with Gasteiger partial charge in [0.1, 0.15) is 23.5 Å². The lowest BCUT2D eigenvalue weighted by molar-refractivity contribution is 0.361. The molecule has 0 aliphatic heterocycles. The summed E-state index contributed by atoms with van der Waals surface area (Å²) >= 11 is 6.05. The van der Waals surface area contributed by atoms with Crippen LogP contribution in [0.2, 0.25) is 5.02 Å². The van der Waals surface area contributed by atoms with Crippen molar-refractivity contribution in [2.45, 2.75) is 13.8 Å². The van der Waals surface area contributed by atoms with Crippen molar-refractivity contribution in [3.05, 3.63) is 86.0 Å². The molecule has 0 N–H and O–H groups in total. The molecule has 2 heterocycles. The van der Waals surface area contributed by atoms with Crippen LogP contribution in [0.5, 0.6) is 5.75 Å². The average Bonchev–Trinajstić information content (AvgIpc) is 2.66. The highest BCUT2D eigenvalue weighted by atomic mass is 35.5. The Bertz CT molecular complexity index is 1370. The van der Waals surface area contributed by atoms with E-state index in [9.17, 15) is 9.59 Å². The fourth-order valence-electron chi connectivity index (χ4n) is 3.04. The number of allylic oxidation sites excluding steroid dienone is 1. The van der Waals surface area contributed by atoms with Crippen LogP contribution < -0.4 is 16.0 Å². The van der Waals surface area contributed by atoms with E-state index in [1.165, 1.54) is 6.07 Å². The molecule has 29 heavy (non-hydrogen) atoms. The normalized spacial score (nSPS) is 11.0. The van der Waals surface area contributed by atoms with Crippen LogP contribution >= 0.6 is 11.6 Å². The number of hydrogen-bond acceptors (Lipinski definition) is 5. The van der Waals surface area contributed by atoms with Crippen LogP contribution in [0.25, 0.3) is 33.1 Å². The predicted octanol–water partition coefficient (Wildman–Crippen LogP) is 5.56. The molecule has 0 unspecified atom stereocenters. The molecule has 0 saturated carbocycles. The van der Waals surface area contributed by atoms with Crippen molar-refractivity contribution in [3.8, 4) is 16.9 Å². The second-order valence-corrected chi connectivity index (χ2v) is 7.30. The summed E-state index contributed by atoms with van der Waals surface area (Å²) in [5.74, 6) is 0.563. The Morgan fingerprint density at radius 2 is 1.79 bits per heavy atom. The number of rotatable bonds is 4. The Balaban J connectivity index is 1.87. The van der Waals surface area contributed by atoms with Gasteiger partial charge in [-0.2, -0.15) is 0 Å². The van der Waals surface area contributed by atoms with Gasteiger partial charge >= 0.3 is 11.3 Å². The molecule has 2 aromatic carbocycles. The molecule has 0 amide bonds. The summed E-state index contributed by atoms with van der Waals surface area (Å²) in [4.78, 5) is 24.7. The van der Waals surface area contributed by atoms with Crippen molar-refractivity contribution in [2.75, 3.05) is 6.61 Å². The molecule has 0 saturated heterocycles. The number of ether oxygens (including phenoxy) is 1. The zero-order chi connectivity index (χ0) is 20.5. The summed E-state index contributed by atoms with van der Waals surface area (Å²) in [6.07, 6.45) is 1.95. The fraction of sp³-hybridized carbons (Fsp3) is 0.130. The first-order valence-electron chi connectivity index (χ1n) is 8.98. The average molecular weight is 409 g/mol. The Labute approximate surface area is 170 Å². The smallest absolute Gasteiger partial charge is 0.344 e. The summed E-state index contributed by atoms with van der Waals surface area (Å²) in [5, 5.41) is 1.79. The standard InChI is InChI=1S/C23H17ClO5/c1-13(2)7-8-27-16-4-5-17-18(12-22(25)28-21(17)11-16)19-10-14-9-15(24)3-6-20(14)29-23(19)26/h3-7,9-12H,8H2,1-2H3. The van der Waals surface area contributed by atoms with Crippen LogP contribution in [-0.4, -0.2) is 6.61 Å². The molecule has 2 aromatic heterocycles. The third-order valence-corrected chi connectivity index (χ3v) is 4.68. The summed E-state index contributed by atoms with van der Waals surface area (Å²) in [6, 6.07) is 13.1.